The van der Waals surface area contributed by atoms with Gasteiger partial charge in [0.25, 0.3) is 0 Å². The van der Waals surface area contributed by atoms with Crippen LogP contribution in [-0.2, 0) is 11.3 Å². The largest absolute Gasteiger partial charge is 0.494 e. The summed E-state index contributed by atoms with van der Waals surface area (Å²) in [6.07, 6.45) is 1.31. The summed E-state index contributed by atoms with van der Waals surface area (Å²) in [5.74, 6) is -0.108. The predicted molar refractivity (Wildman–Crippen MR) is 86.0 cm³/mol. The fourth-order valence-electron chi connectivity index (χ4n) is 2.46. The molecule has 0 radical (unpaired) electrons. The lowest BCUT2D eigenvalue weighted by atomic mass is 9.87. The van der Waals surface area contributed by atoms with Crippen molar-refractivity contribution in [2.45, 2.75) is 57.8 Å². The van der Waals surface area contributed by atoms with Crippen molar-refractivity contribution in [3.05, 3.63) is 29.6 Å². The van der Waals surface area contributed by atoms with Crippen LogP contribution in [0.15, 0.2) is 18.2 Å². The first-order valence-corrected chi connectivity index (χ1v) is 7.82. The van der Waals surface area contributed by atoms with Gasteiger partial charge in [0.05, 0.1) is 7.11 Å². The third-order valence-electron chi connectivity index (χ3n) is 3.67. The van der Waals surface area contributed by atoms with E-state index in [4.69, 9.17) is 9.47 Å². The summed E-state index contributed by atoms with van der Waals surface area (Å²) in [6.45, 7) is 6.10. The van der Waals surface area contributed by atoms with Crippen LogP contribution in [0.4, 0.5) is 9.18 Å². The number of methoxy groups -OCH3 is 1. The van der Waals surface area contributed by atoms with Crippen LogP contribution in [0.3, 0.4) is 0 Å². The van der Waals surface area contributed by atoms with Gasteiger partial charge in [-0.2, -0.15) is 0 Å². The standard InChI is InChI=1S/C17H25FN2O3/c1-17(2,3)23-16(21)20-13-8-12(9-13)19-10-11-5-6-15(22-4)14(18)7-11/h5-7,12-13,19H,8-10H2,1-4H3,(H,20,21). The molecule has 5 nitrogen and oxygen atoms in total. The Morgan fingerprint density at radius 2 is 2.00 bits per heavy atom. The Labute approximate surface area is 136 Å². The van der Waals surface area contributed by atoms with Crippen molar-refractivity contribution in [2.24, 2.45) is 0 Å². The molecule has 0 aromatic heterocycles. The molecule has 1 aromatic rings. The fraction of sp³-hybridized carbons (Fsp3) is 0.588. The summed E-state index contributed by atoms with van der Waals surface area (Å²) in [7, 11) is 1.45. The molecule has 1 aromatic carbocycles. The maximum absolute atomic E-state index is 13.6. The topological polar surface area (TPSA) is 59.6 Å². The Bertz CT molecular complexity index is 551. The summed E-state index contributed by atoms with van der Waals surface area (Å²) in [5, 5.41) is 6.20. The Kier molecular flexibility index (Phi) is 5.46. The highest BCUT2D eigenvalue weighted by Crippen LogP contribution is 2.22. The van der Waals surface area contributed by atoms with Gasteiger partial charge in [-0.1, -0.05) is 6.07 Å². The number of hydrogen-bond acceptors (Lipinski definition) is 4. The molecule has 0 bridgehead atoms. The van der Waals surface area contributed by atoms with E-state index in [0.29, 0.717) is 12.6 Å². The quantitative estimate of drug-likeness (QED) is 0.874. The van der Waals surface area contributed by atoms with Gasteiger partial charge in [0.2, 0.25) is 0 Å². The van der Waals surface area contributed by atoms with E-state index in [2.05, 4.69) is 10.6 Å². The van der Waals surface area contributed by atoms with Gasteiger partial charge in [-0.05, 0) is 51.3 Å². The second kappa shape index (κ2) is 7.17. The third-order valence-corrected chi connectivity index (χ3v) is 3.67. The lowest BCUT2D eigenvalue weighted by molar-refractivity contribution is 0.0465. The monoisotopic (exact) mass is 324 g/mol. The van der Waals surface area contributed by atoms with Gasteiger partial charge in [-0.25, -0.2) is 9.18 Å². The van der Waals surface area contributed by atoms with Crippen LogP contribution < -0.4 is 15.4 Å². The maximum Gasteiger partial charge on any atom is 0.407 e. The van der Waals surface area contributed by atoms with Crippen LogP contribution in [0.1, 0.15) is 39.2 Å². The molecule has 23 heavy (non-hydrogen) atoms. The van der Waals surface area contributed by atoms with Crippen LogP contribution >= 0.6 is 0 Å². The van der Waals surface area contributed by atoms with Crippen molar-refractivity contribution >= 4 is 6.09 Å². The number of ether oxygens (including phenoxy) is 2. The molecular weight excluding hydrogens is 299 g/mol. The predicted octanol–water partition coefficient (Wildman–Crippen LogP) is 2.98. The lowest BCUT2D eigenvalue weighted by Crippen LogP contribution is -2.52. The molecule has 0 unspecified atom stereocenters. The highest BCUT2D eigenvalue weighted by atomic mass is 19.1. The van der Waals surface area contributed by atoms with Gasteiger partial charge < -0.3 is 20.1 Å². The molecule has 1 aliphatic rings. The SMILES string of the molecule is COc1ccc(CNC2CC(NC(=O)OC(C)(C)C)C2)cc1F. The minimum Gasteiger partial charge on any atom is -0.494 e. The Hall–Kier alpha value is -1.82. The van der Waals surface area contributed by atoms with Crippen molar-refractivity contribution in [1.29, 1.82) is 0 Å². The average Bonchev–Trinajstić information content (AvgIpc) is 2.39. The van der Waals surface area contributed by atoms with E-state index >= 15 is 0 Å². The van der Waals surface area contributed by atoms with Crippen LogP contribution in [0, 0.1) is 5.82 Å². The van der Waals surface area contributed by atoms with Crippen LogP contribution in [0.2, 0.25) is 0 Å². The number of carbonyl (C=O) groups is 1. The van der Waals surface area contributed by atoms with Crippen molar-refractivity contribution in [3.63, 3.8) is 0 Å². The summed E-state index contributed by atoms with van der Waals surface area (Å²) >= 11 is 0. The molecule has 128 valence electrons. The highest BCUT2D eigenvalue weighted by molar-refractivity contribution is 5.68. The van der Waals surface area contributed by atoms with Gasteiger partial charge in [-0.15, -0.1) is 0 Å². The molecule has 1 saturated carbocycles. The number of halogens is 1. The first-order valence-electron chi connectivity index (χ1n) is 7.82. The minimum atomic E-state index is -0.482. The van der Waals surface area contributed by atoms with Crippen molar-refractivity contribution in [1.82, 2.24) is 10.6 Å². The summed E-state index contributed by atoms with van der Waals surface area (Å²) < 4.78 is 23.7. The summed E-state index contributed by atoms with van der Waals surface area (Å²) in [5.41, 5.74) is 0.385. The van der Waals surface area contributed by atoms with Gasteiger partial charge in [0.1, 0.15) is 5.60 Å². The molecule has 2 N–H and O–H groups in total. The lowest BCUT2D eigenvalue weighted by Gasteiger charge is -2.36. The van der Waals surface area contributed by atoms with Crippen molar-refractivity contribution in [2.75, 3.05) is 7.11 Å². The van der Waals surface area contributed by atoms with Gasteiger partial charge >= 0.3 is 6.09 Å². The zero-order valence-corrected chi connectivity index (χ0v) is 14.1. The summed E-state index contributed by atoms with van der Waals surface area (Å²) in [6, 6.07) is 5.39. The van der Waals surface area contributed by atoms with E-state index in [9.17, 15) is 9.18 Å². The van der Waals surface area contributed by atoms with E-state index in [1.807, 2.05) is 26.8 Å². The number of nitrogens with one attached hydrogen (secondary N) is 2. The molecule has 2 rings (SSSR count). The zero-order valence-electron chi connectivity index (χ0n) is 14.1. The second-order valence-corrected chi connectivity index (χ2v) is 6.86. The van der Waals surface area contributed by atoms with Crippen molar-refractivity contribution in [3.8, 4) is 5.75 Å². The van der Waals surface area contributed by atoms with Crippen LogP contribution in [-0.4, -0.2) is 30.9 Å². The highest BCUT2D eigenvalue weighted by Gasteiger charge is 2.31. The summed E-state index contributed by atoms with van der Waals surface area (Å²) in [4.78, 5) is 11.6. The number of amides is 1. The average molecular weight is 324 g/mol. The smallest absolute Gasteiger partial charge is 0.407 e. The number of alkyl carbamates (subject to hydrolysis) is 1. The molecule has 0 saturated heterocycles. The molecule has 1 aliphatic carbocycles. The molecular formula is C17H25FN2O3. The van der Waals surface area contributed by atoms with Gasteiger partial charge in [0.15, 0.2) is 11.6 Å². The molecule has 1 fully saturated rings. The third kappa shape index (κ3) is 5.39. The normalized spacial score (nSPS) is 20.6. The molecule has 0 spiro atoms. The molecule has 0 aliphatic heterocycles. The minimum absolute atomic E-state index is 0.134. The Morgan fingerprint density at radius 3 is 2.57 bits per heavy atom. The zero-order chi connectivity index (χ0) is 17.0. The van der Waals surface area contributed by atoms with Crippen LogP contribution in [0.5, 0.6) is 5.75 Å². The van der Waals surface area contributed by atoms with E-state index in [-0.39, 0.29) is 23.7 Å². The first-order chi connectivity index (χ1) is 10.8. The number of benzene rings is 1. The van der Waals surface area contributed by atoms with Gasteiger partial charge in [-0.3, -0.25) is 0 Å². The first kappa shape index (κ1) is 17.5. The number of hydrogen-bond donors (Lipinski definition) is 2. The second-order valence-electron chi connectivity index (χ2n) is 6.86. The Balaban J connectivity index is 1.68. The van der Waals surface area contributed by atoms with Crippen molar-refractivity contribution < 1.29 is 18.7 Å². The van der Waals surface area contributed by atoms with E-state index in [0.717, 1.165) is 18.4 Å². The van der Waals surface area contributed by atoms with Gasteiger partial charge in [0, 0.05) is 18.6 Å². The number of carbonyl (C=O) groups excluding carboxylic acids is 1. The number of rotatable bonds is 5. The van der Waals surface area contributed by atoms with E-state index in [1.165, 1.54) is 13.2 Å². The van der Waals surface area contributed by atoms with Crippen LogP contribution in [0.25, 0.3) is 0 Å². The van der Waals surface area contributed by atoms with E-state index < -0.39 is 5.60 Å². The molecule has 0 heterocycles. The molecule has 1 amide bonds. The molecule has 6 heteroatoms. The van der Waals surface area contributed by atoms with E-state index in [1.54, 1.807) is 6.07 Å². The fourth-order valence-corrected chi connectivity index (χ4v) is 2.46. The maximum atomic E-state index is 13.6. The Morgan fingerprint density at radius 1 is 1.30 bits per heavy atom. The molecule has 0 atom stereocenters.